The third-order valence-corrected chi connectivity index (χ3v) is 4.29. The largest absolute Gasteiger partial charge is 0.353 e. The van der Waals surface area contributed by atoms with Gasteiger partial charge in [-0.3, -0.25) is 0 Å². The van der Waals surface area contributed by atoms with Gasteiger partial charge in [-0.25, -0.2) is 0 Å². The molecule has 0 N–H and O–H groups in total. The Kier molecular flexibility index (Phi) is 2.99. The fourth-order valence-corrected chi connectivity index (χ4v) is 3.17. The maximum absolute atomic E-state index is 4.62. The first kappa shape index (κ1) is 11.0. The summed E-state index contributed by atoms with van der Waals surface area (Å²) < 4.78 is 5.91. The predicted molar refractivity (Wildman–Crippen MR) is 73.9 cm³/mol. The average Bonchev–Trinajstić information content (AvgIpc) is 2.83. The molecular weight excluding hydrogens is 230 g/mol. The molecule has 0 aliphatic carbocycles. The standard InChI is InChI=1S/C13H17N3S/c1-2-15-7-9-16(10-8-15)13-11-5-3-4-6-12(11)17-14-13/h3-6H,2,7-10H2,1H3. The normalized spacial score (nSPS) is 17.8. The summed E-state index contributed by atoms with van der Waals surface area (Å²) in [6.45, 7) is 7.90. The van der Waals surface area contributed by atoms with Crippen molar-refractivity contribution in [1.82, 2.24) is 9.27 Å². The molecule has 1 saturated heterocycles. The molecule has 1 fully saturated rings. The second-order valence-corrected chi connectivity index (χ2v) is 5.23. The number of hydrogen-bond donors (Lipinski definition) is 0. The van der Waals surface area contributed by atoms with Gasteiger partial charge < -0.3 is 9.80 Å². The number of anilines is 1. The van der Waals surface area contributed by atoms with Crippen LogP contribution in [-0.4, -0.2) is 42.0 Å². The average molecular weight is 247 g/mol. The van der Waals surface area contributed by atoms with Crippen molar-refractivity contribution in [2.24, 2.45) is 0 Å². The highest BCUT2D eigenvalue weighted by Crippen LogP contribution is 2.29. The molecule has 1 aliphatic heterocycles. The number of benzene rings is 1. The quantitative estimate of drug-likeness (QED) is 0.812. The molecule has 3 rings (SSSR count). The zero-order valence-electron chi connectivity index (χ0n) is 10.1. The maximum Gasteiger partial charge on any atom is 0.150 e. The number of piperazine rings is 1. The Morgan fingerprint density at radius 3 is 2.71 bits per heavy atom. The molecule has 1 aliphatic rings. The lowest BCUT2D eigenvalue weighted by Crippen LogP contribution is -2.46. The van der Waals surface area contributed by atoms with Gasteiger partial charge in [0.15, 0.2) is 0 Å². The third-order valence-electron chi connectivity index (χ3n) is 3.48. The summed E-state index contributed by atoms with van der Waals surface area (Å²) in [7, 11) is 0. The summed E-state index contributed by atoms with van der Waals surface area (Å²) >= 11 is 1.61. The minimum Gasteiger partial charge on any atom is -0.353 e. The van der Waals surface area contributed by atoms with Crippen LogP contribution < -0.4 is 4.90 Å². The fourth-order valence-electron chi connectivity index (χ4n) is 2.38. The minimum atomic E-state index is 1.10. The van der Waals surface area contributed by atoms with Gasteiger partial charge in [0.25, 0.3) is 0 Å². The van der Waals surface area contributed by atoms with E-state index in [4.69, 9.17) is 0 Å². The first-order valence-electron chi connectivity index (χ1n) is 6.20. The first-order chi connectivity index (χ1) is 8.38. The molecule has 0 atom stereocenters. The lowest BCUT2D eigenvalue weighted by Gasteiger charge is -2.34. The summed E-state index contributed by atoms with van der Waals surface area (Å²) in [5.41, 5.74) is 0. The number of aromatic nitrogens is 1. The fraction of sp³-hybridized carbons (Fsp3) is 0.462. The van der Waals surface area contributed by atoms with Gasteiger partial charge in [-0.1, -0.05) is 19.1 Å². The maximum atomic E-state index is 4.62. The Morgan fingerprint density at radius 2 is 1.94 bits per heavy atom. The lowest BCUT2D eigenvalue weighted by atomic mass is 10.2. The van der Waals surface area contributed by atoms with Crippen LogP contribution in [-0.2, 0) is 0 Å². The topological polar surface area (TPSA) is 19.4 Å². The number of fused-ring (bicyclic) bond motifs is 1. The van der Waals surface area contributed by atoms with E-state index >= 15 is 0 Å². The van der Waals surface area contributed by atoms with Gasteiger partial charge in [0.2, 0.25) is 0 Å². The van der Waals surface area contributed by atoms with Crippen molar-refractivity contribution in [2.45, 2.75) is 6.92 Å². The molecule has 2 heterocycles. The number of nitrogens with zero attached hydrogens (tertiary/aromatic N) is 3. The van der Waals surface area contributed by atoms with Gasteiger partial charge in [-0.05, 0) is 30.2 Å². The molecular formula is C13H17N3S. The van der Waals surface area contributed by atoms with Gasteiger partial charge in [0.05, 0.1) is 4.70 Å². The first-order valence-corrected chi connectivity index (χ1v) is 6.97. The van der Waals surface area contributed by atoms with Crippen LogP contribution in [0.25, 0.3) is 10.1 Å². The van der Waals surface area contributed by atoms with Crippen molar-refractivity contribution >= 4 is 27.4 Å². The second-order valence-electron chi connectivity index (χ2n) is 4.42. The summed E-state index contributed by atoms with van der Waals surface area (Å²) in [5.74, 6) is 1.18. The smallest absolute Gasteiger partial charge is 0.150 e. The molecule has 2 aromatic rings. The van der Waals surface area contributed by atoms with Crippen LogP contribution in [0.4, 0.5) is 5.82 Å². The third kappa shape index (κ3) is 2.03. The van der Waals surface area contributed by atoms with E-state index in [-0.39, 0.29) is 0 Å². The molecule has 3 nitrogen and oxygen atoms in total. The predicted octanol–water partition coefficient (Wildman–Crippen LogP) is 2.44. The molecule has 0 unspecified atom stereocenters. The van der Waals surface area contributed by atoms with Crippen LogP contribution in [0.5, 0.6) is 0 Å². The van der Waals surface area contributed by atoms with Crippen LogP contribution in [0, 0.1) is 0 Å². The Hall–Kier alpha value is -1.13. The van der Waals surface area contributed by atoms with Crippen LogP contribution >= 0.6 is 11.5 Å². The molecule has 0 amide bonds. The van der Waals surface area contributed by atoms with Gasteiger partial charge in [0.1, 0.15) is 5.82 Å². The lowest BCUT2D eigenvalue weighted by molar-refractivity contribution is 0.271. The molecule has 0 bridgehead atoms. The monoisotopic (exact) mass is 247 g/mol. The Labute approximate surface area is 106 Å². The van der Waals surface area contributed by atoms with Crippen LogP contribution in [0.3, 0.4) is 0 Å². The van der Waals surface area contributed by atoms with E-state index in [2.05, 4.69) is 45.4 Å². The summed E-state index contributed by atoms with van der Waals surface area (Å²) in [5, 5.41) is 1.31. The van der Waals surface area contributed by atoms with Crippen molar-refractivity contribution in [3.8, 4) is 0 Å². The van der Waals surface area contributed by atoms with E-state index in [1.165, 1.54) is 15.9 Å². The van der Waals surface area contributed by atoms with Gasteiger partial charge in [-0.2, -0.15) is 4.37 Å². The van der Waals surface area contributed by atoms with Crippen molar-refractivity contribution in [1.29, 1.82) is 0 Å². The van der Waals surface area contributed by atoms with E-state index in [9.17, 15) is 0 Å². The van der Waals surface area contributed by atoms with E-state index in [1.807, 2.05) is 0 Å². The van der Waals surface area contributed by atoms with E-state index < -0.39 is 0 Å². The molecule has 90 valence electrons. The molecule has 0 saturated carbocycles. The van der Waals surface area contributed by atoms with E-state index in [0.717, 1.165) is 32.7 Å². The van der Waals surface area contributed by atoms with Crippen molar-refractivity contribution in [3.63, 3.8) is 0 Å². The van der Waals surface area contributed by atoms with Gasteiger partial charge >= 0.3 is 0 Å². The highest BCUT2D eigenvalue weighted by molar-refractivity contribution is 7.13. The van der Waals surface area contributed by atoms with E-state index in [0.29, 0.717) is 0 Å². The molecule has 1 aromatic heterocycles. The molecule has 17 heavy (non-hydrogen) atoms. The molecule has 0 radical (unpaired) electrons. The zero-order valence-corrected chi connectivity index (χ0v) is 10.9. The van der Waals surface area contributed by atoms with Gasteiger partial charge in [0, 0.05) is 31.6 Å². The highest BCUT2D eigenvalue weighted by Gasteiger charge is 2.19. The molecule has 4 heteroatoms. The van der Waals surface area contributed by atoms with Crippen LogP contribution in [0.2, 0.25) is 0 Å². The summed E-state index contributed by atoms with van der Waals surface area (Å²) in [6.07, 6.45) is 0. The van der Waals surface area contributed by atoms with Crippen molar-refractivity contribution in [3.05, 3.63) is 24.3 Å². The van der Waals surface area contributed by atoms with Crippen LogP contribution in [0.1, 0.15) is 6.92 Å². The number of rotatable bonds is 2. The van der Waals surface area contributed by atoms with Crippen molar-refractivity contribution < 1.29 is 0 Å². The molecule has 0 spiro atoms. The minimum absolute atomic E-state index is 1.10. The Morgan fingerprint density at radius 1 is 1.18 bits per heavy atom. The summed E-state index contributed by atoms with van der Waals surface area (Å²) in [4.78, 5) is 4.91. The Bertz CT molecular complexity index is 500. The van der Waals surface area contributed by atoms with Crippen molar-refractivity contribution in [2.75, 3.05) is 37.6 Å². The van der Waals surface area contributed by atoms with Crippen LogP contribution in [0.15, 0.2) is 24.3 Å². The highest BCUT2D eigenvalue weighted by atomic mass is 32.1. The summed E-state index contributed by atoms with van der Waals surface area (Å²) in [6, 6.07) is 8.51. The molecule has 1 aromatic carbocycles. The van der Waals surface area contributed by atoms with E-state index in [1.54, 1.807) is 11.5 Å². The zero-order chi connectivity index (χ0) is 11.7. The SMILES string of the molecule is CCN1CCN(c2nsc3ccccc23)CC1. The Balaban J connectivity index is 1.85. The second kappa shape index (κ2) is 4.63. The number of likely N-dealkylation sites (N-methyl/N-ethyl adjacent to an activating group) is 1. The van der Waals surface area contributed by atoms with Gasteiger partial charge in [-0.15, -0.1) is 0 Å². The number of hydrogen-bond acceptors (Lipinski definition) is 4.